The second-order valence-corrected chi connectivity index (χ2v) is 6.74. The van der Waals surface area contributed by atoms with E-state index in [1.165, 1.54) is 6.07 Å². The second-order valence-electron chi connectivity index (χ2n) is 3.06. The normalized spacial score (nSPS) is 22.1. The number of anilines is 1. The molecular weight excluding hydrogens is 228 g/mol. The summed E-state index contributed by atoms with van der Waals surface area (Å²) in [5.74, 6) is 5.08. The Hall–Kier alpha value is -1.12. The van der Waals surface area contributed by atoms with E-state index in [2.05, 4.69) is 5.43 Å². The van der Waals surface area contributed by atoms with Crippen LogP contribution in [0.15, 0.2) is 25.6 Å². The zero-order chi connectivity index (χ0) is 10.3. The molecule has 2 heterocycles. The first-order chi connectivity index (χ1) is 6.42. The highest BCUT2D eigenvalue weighted by molar-refractivity contribution is 8.01. The van der Waals surface area contributed by atoms with Crippen LogP contribution in [0, 0.1) is 0 Å². The largest absolute Gasteiger partial charge is 0.323 e. The number of nitrogens with two attached hydrogens (primary N) is 1. The van der Waals surface area contributed by atoms with Gasteiger partial charge in [0.2, 0.25) is 19.7 Å². The molecule has 0 aliphatic carbocycles. The molecule has 3 N–H and O–H groups in total. The molecule has 0 bridgehead atoms. The van der Waals surface area contributed by atoms with Crippen molar-refractivity contribution in [2.45, 2.75) is 19.6 Å². The molecule has 0 unspecified atom stereocenters. The fourth-order valence-electron chi connectivity index (χ4n) is 1.58. The third-order valence-corrected chi connectivity index (χ3v) is 5.81. The Balaban J connectivity index is 2.48. The average Bonchev–Trinajstić information content (AvgIpc) is 2.87. The lowest BCUT2D eigenvalue weighted by molar-refractivity contribution is 0.606. The summed E-state index contributed by atoms with van der Waals surface area (Å²) in [5, 5.41) is 0. The van der Waals surface area contributed by atoms with Crippen LogP contribution in [-0.4, -0.2) is 16.8 Å². The van der Waals surface area contributed by atoms with Gasteiger partial charge in [-0.3, -0.25) is 5.84 Å². The predicted octanol–water partition coefficient (Wildman–Crippen LogP) is -0.735. The van der Waals surface area contributed by atoms with E-state index in [4.69, 9.17) is 5.84 Å². The molecule has 0 atom stereocenters. The molecule has 3 rings (SSSR count). The summed E-state index contributed by atoms with van der Waals surface area (Å²) in [4.78, 5) is -0.0560. The number of hydrazine groups is 1. The van der Waals surface area contributed by atoms with Gasteiger partial charge in [-0.05, 0) is 6.07 Å². The summed E-state index contributed by atoms with van der Waals surface area (Å²) in [7, 11) is -6.92. The minimum atomic E-state index is -3.49. The Morgan fingerprint density at radius 1 is 1.00 bits per heavy atom. The number of nitrogens with one attached hydrogen (secondary N) is 1. The van der Waals surface area contributed by atoms with Crippen molar-refractivity contribution in [1.29, 1.82) is 0 Å². The van der Waals surface area contributed by atoms with Crippen molar-refractivity contribution in [1.82, 2.24) is 0 Å². The molecule has 2 aliphatic rings. The molecule has 2 aliphatic heterocycles. The number of rotatable bonds is 1. The van der Waals surface area contributed by atoms with Crippen molar-refractivity contribution in [3.05, 3.63) is 6.07 Å². The number of nitrogen functional groups attached to an aromatic ring is 1. The molecular formula is C6H4N2O4S2. The van der Waals surface area contributed by atoms with Crippen molar-refractivity contribution < 1.29 is 16.8 Å². The van der Waals surface area contributed by atoms with Crippen LogP contribution >= 0.6 is 0 Å². The summed E-state index contributed by atoms with van der Waals surface area (Å²) in [5.41, 5.74) is 2.32. The van der Waals surface area contributed by atoms with Gasteiger partial charge < -0.3 is 5.43 Å². The van der Waals surface area contributed by atoms with Gasteiger partial charge in [-0.15, -0.1) is 0 Å². The van der Waals surface area contributed by atoms with E-state index in [1.54, 1.807) is 0 Å². The highest BCUT2D eigenvalue weighted by atomic mass is 32.2. The Kier molecular flexibility index (Phi) is 1.06. The van der Waals surface area contributed by atoms with E-state index in [-0.39, 0.29) is 25.3 Å². The monoisotopic (exact) mass is 232 g/mol. The van der Waals surface area contributed by atoms with Crippen LogP contribution in [0.3, 0.4) is 0 Å². The topological polar surface area (TPSA) is 106 Å². The van der Waals surface area contributed by atoms with Crippen molar-refractivity contribution in [2.24, 2.45) is 5.84 Å². The SMILES string of the molecule is NNc1cc2c(c3c1S3(=O)=O)S2(=O)=O. The molecule has 0 fully saturated rings. The van der Waals surface area contributed by atoms with E-state index >= 15 is 0 Å². The van der Waals surface area contributed by atoms with Gasteiger partial charge in [0.15, 0.2) is 0 Å². The van der Waals surface area contributed by atoms with Gasteiger partial charge in [0, 0.05) is 0 Å². The lowest BCUT2D eigenvalue weighted by Gasteiger charge is -1.91. The molecule has 0 amide bonds. The standard InChI is InChI=1S/C6H4N2O4S2/c7-8-2-1-3-5(13(3,9)10)6-4(2)14(6,11)12/h1,8H,7H2. The first kappa shape index (κ1) is 8.21. The third kappa shape index (κ3) is 0.636. The van der Waals surface area contributed by atoms with Crippen LogP contribution in [0.25, 0.3) is 0 Å². The quantitative estimate of drug-likeness (QED) is 0.325. The molecule has 14 heavy (non-hydrogen) atoms. The van der Waals surface area contributed by atoms with Crippen LogP contribution in [0.5, 0.6) is 0 Å². The second kappa shape index (κ2) is 1.81. The zero-order valence-electron chi connectivity index (χ0n) is 6.60. The summed E-state index contributed by atoms with van der Waals surface area (Å²) in [6.45, 7) is 0. The summed E-state index contributed by atoms with van der Waals surface area (Å²) < 4.78 is 45.0. The highest BCUT2D eigenvalue weighted by Gasteiger charge is 2.58. The van der Waals surface area contributed by atoms with Gasteiger partial charge in [-0.25, -0.2) is 16.8 Å². The molecule has 74 valence electrons. The molecule has 0 spiro atoms. The van der Waals surface area contributed by atoms with Crippen molar-refractivity contribution in [2.75, 3.05) is 5.43 Å². The Bertz CT molecular complexity index is 687. The molecule has 0 saturated carbocycles. The number of hydrogen-bond donors (Lipinski definition) is 2. The summed E-state index contributed by atoms with van der Waals surface area (Å²) >= 11 is 0. The summed E-state index contributed by atoms with van der Waals surface area (Å²) in [6.07, 6.45) is 0. The van der Waals surface area contributed by atoms with Gasteiger partial charge in [-0.2, -0.15) is 0 Å². The van der Waals surface area contributed by atoms with Crippen LogP contribution < -0.4 is 11.3 Å². The minimum Gasteiger partial charge on any atom is -0.323 e. The van der Waals surface area contributed by atoms with Crippen molar-refractivity contribution in [3.8, 4) is 0 Å². The van der Waals surface area contributed by atoms with Gasteiger partial charge in [0.25, 0.3) is 0 Å². The Labute approximate surface area is 79.5 Å². The number of sulfone groups is 2. The van der Waals surface area contributed by atoms with Gasteiger partial charge in [0.05, 0.1) is 10.6 Å². The van der Waals surface area contributed by atoms with E-state index in [0.29, 0.717) is 0 Å². The number of fused-ring (bicyclic) bond motifs is 3. The molecule has 0 saturated heterocycles. The zero-order valence-corrected chi connectivity index (χ0v) is 8.24. The first-order valence-corrected chi connectivity index (χ1v) is 6.57. The van der Waals surface area contributed by atoms with Crippen LogP contribution in [0.4, 0.5) is 5.69 Å². The predicted molar refractivity (Wildman–Crippen MR) is 45.2 cm³/mol. The van der Waals surface area contributed by atoms with Crippen LogP contribution in [-0.2, 0) is 19.7 Å². The average molecular weight is 232 g/mol. The lowest BCUT2D eigenvalue weighted by Crippen LogP contribution is -2.06. The third-order valence-electron chi connectivity index (χ3n) is 2.32. The highest BCUT2D eigenvalue weighted by Crippen LogP contribution is 2.59. The fraction of sp³-hybridized carbons (Fsp3) is 0. The Morgan fingerprint density at radius 2 is 1.64 bits per heavy atom. The van der Waals surface area contributed by atoms with Crippen molar-refractivity contribution in [3.63, 3.8) is 0 Å². The van der Waals surface area contributed by atoms with E-state index in [0.717, 1.165) is 0 Å². The Morgan fingerprint density at radius 3 is 2.21 bits per heavy atom. The maximum absolute atomic E-state index is 11.3. The lowest BCUT2D eigenvalue weighted by atomic mass is 10.3. The fourth-order valence-corrected chi connectivity index (χ4v) is 5.33. The number of benzene rings is 1. The first-order valence-electron chi connectivity index (χ1n) is 3.60. The molecule has 0 radical (unpaired) electrons. The van der Waals surface area contributed by atoms with Crippen LogP contribution in [0.1, 0.15) is 0 Å². The molecule has 1 aromatic rings. The van der Waals surface area contributed by atoms with Gasteiger partial charge >= 0.3 is 0 Å². The maximum atomic E-state index is 11.3. The van der Waals surface area contributed by atoms with Gasteiger partial charge in [-0.1, -0.05) is 0 Å². The smallest absolute Gasteiger partial charge is 0.212 e. The van der Waals surface area contributed by atoms with E-state index < -0.39 is 19.7 Å². The van der Waals surface area contributed by atoms with Gasteiger partial charge in [0.1, 0.15) is 14.7 Å². The molecule has 6 nitrogen and oxygen atoms in total. The minimum absolute atomic E-state index is 0.0137. The maximum Gasteiger partial charge on any atom is 0.212 e. The molecule has 1 aromatic carbocycles. The van der Waals surface area contributed by atoms with Crippen molar-refractivity contribution >= 4 is 25.4 Å². The van der Waals surface area contributed by atoms with Crippen LogP contribution in [0.2, 0.25) is 0 Å². The number of hydrogen-bond acceptors (Lipinski definition) is 6. The van der Waals surface area contributed by atoms with E-state index in [9.17, 15) is 16.8 Å². The van der Waals surface area contributed by atoms with E-state index in [1.807, 2.05) is 0 Å². The molecule has 0 aromatic heterocycles. The molecule has 8 heteroatoms. The summed E-state index contributed by atoms with van der Waals surface area (Å²) in [6, 6.07) is 1.24.